The molecule has 0 saturated carbocycles. The molecule has 1 N–H and O–H groups in total. The van der Waals surface area contributed by atoms with Crippen LogP contribution in [0.25, 0.3) is 0 Å². The van der Waals surface area contributed by atoms with E-state index in [1.165, 1.54) is 17.9 Å². The van der Waals surface area contributed by atoms with Crippen LogP contribution in [0, 0.1) is 6.92 Å². The molecule has 0 radical (unpaired) electrons. The Kier molecular flexibility index (Phi) is 4.74. The average Bonchev–Trinajstić information content (AvgIpc) is 2.90. The highest BCUT2D eigenvalue weighted by atomic mass is 32.2. The van der Waals surface area contributed by atoms with E-state index in [0.717, 1.165) is 31.2 Å². The summed E-state index contributed by atoms with van der Waals surface area (Å²) in [6.45, 7) is 3.81. The van der Waals surface area contributed by atoms with Gasteiger partial charge in [-0.3, -0.25) is 0 Å². The number of rotatable bonds is 6. The summed E-state index contributed by atoms with van der Waals surface area (Å²) in [5.41, 5.74) is 1.08. The first-order chi connectivity index (χ1) is 8.29. The number of methoxy groups -OCH3 is 1. The number of ether oxygens (including phenoxy) is 1. The summed E-state index contributed by atoms with van der Waals surface area (Å²) in [6, 6.07) is 0.586. The fraction of sp³-hybridized carbons (Fsp3) is 0.750. The first-order valence-corrected chi connectivity index (χ1v) is 7.32. The van der Waals surface area contributed by atoms with Crippen molar-refractivity contribution in [1.82, 2.24) is 9.55 Å². The second kappa shape index (κ2) is 6.31. The lowest BCUT2D eigenvalue weighted by Crippen LogP contribution is -2.21. The van der Waals surface area contributed by atoms with Crippen LogP contribution in [0.4, 0.5) is 5.95 Å². The van der Waals surface area contributed by atoms with E-state index < -0.39 is 0 Å². The monoisotopic (exact) mass is 255 g/mol. The largest absolute Gasteiger partial charge is 0.385 e. The van der Waals surface area contributed by atoms with Crippen molar-refractivity contribution in [2.75, 3.05) is 30.5 Å². The van der Waals surface area contributed by atoms with E-state index in [-0.39, 0.29) is 0 Å². The molecule has 96 valence electrons. The molecule has 0 amide bonds. The molecule has 0 spiro atoms. The van der Waals surface area contributed by atoms with Crippen molar-refractivity contribution < 1.29 is 4.74 Å². The molecule has 4 nitrogen and oxygen atoms in total. The molecular formula is C12H21N3OS. The zero-order valence-corrected chi connectivity index (χ0v) is 11.4. The number of hydrogen-bond donors (Lipinski definition) is 1. The Bertz CT molecular complexity index is 348. The van der Waals surface area contributed by atoms with Crippen molar-refractivity contribution in [3.8, 4) is 0 Å². The number of imidazole rings is 1. The Morgan fingerprint density at radius 3 is 3.24 bits per heavy atom. The van der Waals surface area contributed by atoms with E-state index in [0.29, 0.717) is 6.04 Å². The molecule has 1 fully saturated rings. The van der Waals surface area contributed by atoms with E-state index in [1.807, 2.05) is 18.7 Å². The number of nitrogens with one attached hydrogen (secondary N) is 1. The van der Waals surface area contributed by atoms with Crippen molar-refractivity contribution in [3.05, 3.63) is 11.9 Å². The Morgan fingerprint density at radius 1 is 1.65 bits per heavy atom. The van der Waals surface area contributed by atoms with Crippen molar-refractivity contribution in [1.29, 1.82) is 0 Å². The molecule has 5 heteroatoms. The van der Waals surface area contributed by atoms with Gasteiger partial charge in [-0.1, -0.05) is 0 Å². The van der Waals surface area contributed by atoms with Crippen molar-refractivity contribution in [3.63, 3.8) is 0 Å². The van der Waals surface area contributed by atoms with Gasteiger partial charge >= 0.3 is 0 Å². The highest BCUT2D eigenvalue weighted by molar-refractivity contribution is 7.99. The van der Waals surface area contributed by atoms with Crippen LogP contribution in [0.2, 0.25) is 0 Å². The highest BCUT2D eigenvalue weighted by Gasteiger charge is 2.17. The predicted molar refractivity (Wildman–Crippen MR) is 72.8 cm³/mol. The van der Waals surface area contributed by atoms with Crippen LogP contribution in [0.3, 0.4) is 0 Å². The Labute approximate surface area is 107 Å². The maximum Gasteiger partial charge on any atom is 0.203 e. The summed E-state index contributed by atoms with van der Waals surface area (Å²) in [5, 5.41) is 3.55. The molecule has 2 heterocycles. The molecule has 1 unspecified atom stereocenters. The topological polar surface area (TPSA) is 39.1 Å². The van der Waals surface area contributed by atoms with Crippen molar-refractivity contribution in [2.24, 2.45) is 0 Å². The zero-order valence-electron chi connectivity index (χ0n) is 10.6. The third-order valence-electron chi connectivity index (χ3n) is 2.91. The maximum absolute atomic E-state index is 5.09. The molecule has 2 rings (SSSR count). The summed E-state index contributed by atoms with van der Waals surface area (Å²) in [5.74, 6) is 3.48. The smallest absolute Gasteiger partial charge is 0.203 e. The van der Waals surface area contributed by atoms with Gasteiger partial charge in [0.05, 0.1) is 5.69 Å². The number of aryl methyl sites for hydroxylation is 2. The van der Waals surface area contributed by atoms with Gasteiger partial charge in [0, 0.05) is 38.3 Å². The van der Waals surface area contributed by atoms with E-state index >= 15 is 0 Å². The Hall–Kier alpha value is -0.680. The van der Waals surface area contributed by atoms with Crippen LogP contribution in [-0.2, 0) is 11.3 Å². The second-order valence-corrected chi connectivity index (χ2v) is 5.60. The van der Waals surface area contributed by atoms with Crippen LogP contribution in [0.1, 0.15) is 18.5 Å². The number of anilines is 1. The summed E-state index contributed by atoms with van der Waals surface area (Å²) in [4.78, 5) is 4.55. The van der Waals surface area contributed by atoms with Crippen LogP contribution < -0.4 is 5.32 Å². The minimum absolute atomic E-state index is 0.586. The predicted octanol–water partition coefficient (Wildman–Crippen LogP) is 2.15. The van der Waals surface area contributed by atoms with E-state index in [1.54, 1.807) is 7.11 Å². The van der Waals surface area contributed by atoms with Crippen LogP contribution in [0.15, 0.2) is 6.20 Å². The first-order valence-electron chi connectivity index (χ1n) is 6.16. The third kappa shape index (κ3) is 3.64. The second-order valence-electron chi connectivity index (χ2n) is 4.45. The average molecular weight is 255 g/mol. The van der Waals surface area contributed by atoms with Crippen LogP contribution >= 0.6 is 11.8 Å². The van der Waals surface area contributed by atoms with Gasteiger partial charge in [0.15, 0.2) is 0 Å². The van der Waals surface area contributed by atoms with Gasteiger partial charge in [-0.2, -0.15) is 11.8 Å². The van der Waals surface area contributed by atoms with E-state index in [9.17, 15) is 0 Å². The third-order valence-corrected chi connectivity index (χ3v) is 4.07. The standard InChI is InChI=1S/C12H21N3OS/c1-10-8-15(5-3-6-16-2)12(13-10)14-11-4-7-17-9-11/h8,11H,3-7,9H2,1-2H3,(H,13,14). The number of thioether (sulfide) groups is 1. The minimum atomic E-state index is 0.586. The molecule has 1 aliphatic heterocycles. The first kappa shape index (κ1) is 12.8. The molecule has 1 saturated heterocycles. The molecule has 1 aromatic rings. The Morgan fingerprint density at radius 2 is 2.53 bits per heavy atom. The van der Waals surface area contributed by atoms with Crippen LogP contribution in [0.5, 0.6) is 0 Å². The summed E-state index contributed by atoms with van der Waals surface area (Å²) in [6.07, 6.45) is 4.38. The van der Waals surface area contributed by atoms with Gasteiger partial charge in [-0.15, -0.1) is 0 Å². The molecule has 0 bridgehead atoms. The van der Waals surface area contributed by atoms with Gasteiger partial charge in [0.2, 0.25) is 5.95 Å². The molecule has 0 aromatic carbocycles. The normalized spacial score (nSPS) is 19.8. The molecular weight excluding hydrogens is 234 g/mol. The number of nitrogens with zero attached hydrogens (tertiary/aromatic N) is 2. The van der Waals surface area contributed by atoms with Gasteiger partial charge in [0.25, 0.3) is 0 Å². The molecule has 17 heavy (non-hydrogen) atoms. The number of aromatic nitrogens is 2. The lowest BCUT2D eigenvalue weighted by Gasteiger charge is -2.14. The zero-order chi connectivity index (χ0) is 12.1. The summed E-state index contributed by atoms with van der Waals surface area (Å²) < 4.78 is 7.29. The van der Waals surface area contributed by atoms with Gasteiger partial charge < -0.3 is 14.6 Å². The van der Waals surface area contributed by atoms with E-state index in [4.69, 9.17) is 4.74 Å². The fourth-order valence-electron chi connectivity index (χ4n) is 2.04. The number of hydrogen-bond acceptors (Lipinski definition) is 4. The summed E-state index contributed by atoms with van der Waals surface area (Å²) >= 11 is 2.02. The highest BCUT2D eigenvalue weighted by Crippen LogP contribution is 2.21. The van der Waals surface area contributed by atoms with Crippen molar-refractivity contribution in [2.45, 2.75) is 32.4 Å². The lowest BCUT2D eigenvalue weighted by molar-refractivity contribution is 0.190. The maximum atomic E-state index is 5.09. The van der Waals surface area contributed by atoms with Crippen LogP contribution in [-0.4, -0.2) is 40.8 Å². The fourth-order valence-corrected chi connectivity index (χ4v) is 3.19. The minimum Gasteiger partial charge on any atom is -0.385 e. The molecule has 1 aromatic heterocycles. The van der Waals surface area contributed by atoms with Gasteiger partial charge in [0.1, 0.15) is 0 Å². The lowest BCUT2D eigenvalue weighted by atomic mass is 10.3. The SMILES string of the molecule is COCCCn1cc(C)nc1NC1CCSC1. The van der Waals surface area contributed by atoms with Crippen molar-refractivity contribution >= 4 is 17.7 Å². The van der Waals surface area contributed by atoms with Gasteiger partial charge in [-0.05, 0) is 25.5 Å². The van der Waals surface area contributed by atoms with Gasteiger partial charge in [-0.25, -0.2) is 4.98 Å². The quantitative estimate of drug-likeness (QED) is 0.791. The molecule has 1 atom stereocenters. The van der Waals surface area contributed by atoms with E-state index in [2.05, 4.69) is 21.1 Å². The molecule has 0 aliphatic carbocycles. The summed E-state index contributed by atoms with van der Waals surface area (Å²) in [7, 11) is 1.74. The molecule has 1 aliphatic rings. The Balaban J connectivity index is 1.94.